The van der Waals surface area contributed by atoms with Crippen LogP contribution in [0.3, 0.4) is 0 Å². The van der Waals surface area contributed by atoms with Crippen LogP contribution >= 0.6 is 0 Å². The molecule has 0 radical (unpaired) electrons. The maximum Gasteiger partial charge on any atom is 0.309 e. The molecule has 33 heavy (non-hydrogen) atoms. The van der Waals surface area contributed by atoms with Crippen LogP contribution in [0.15, 0.2) is 18.2 Å². The van der Waals surface area contributed by atoms with E-state index in [2.05, 4.69) is 10.6 Å². The predicted octanol–water partition coefficient (Wildman–Crippen LogP) is 2.88. The molecule has 2 saturated heterocycles. The van der Waals surface area contributed by atoms with Crippen LogP contribution in [-0.4, -0.2) is 52.2 Å². The molecule has 3 N–H and O–H groups in total. The number of hydrogen-bond donors (Lipinski definition) is 3. The highest BCUT2D eigenvalue weighted by molar-refractivity contribution is 6.01. The summed E-state index contributed by atoms with van der Waals surface area (Å²) in [5.74, 6) is -1.63. The summed E-state index contributed by atoms with van der Waals surface area (Å²) in [7, 11) is 0. The van der Waals surface area contributed by atoms with Crippen LogP contribution in [0, 0.1) is 5.82 Å². The van der Waals surface area contributed by atoms with E-state index in [1.54, 1.807) is 32.9 Å². The number of nitrogens with zero attached hydrogens (tertiary/aromatic N) is 1. The Kier molecular flexibility index (Phi) is 7.02. The summed E-state index contributed by atoms with van der Waals surface area (Å²) in [6.45, 7) is 9.13. The minimum absolute atomic E-state index is 0.107. The van der Waals surface area contributed by atoms with Gasteiger partial charge in [0, 0.05) is 24.2 Å². The lowest BCUT2D eigenvalue weighted by Gasteiger charge is -2.48. The fourth-order valence-corrected chi connectivity index (χ4v) is 4.92. The van der Waals surface area contributed by atoms with Crippen LogP contribution in [0.25, 0.3) is 0 Å². The van der Waals surface area contributed by atoms with Gasteiger partial charge in [-0.2, -0.15) is 0 Å². The number of hydrogen-bond acceptors (Lipinski definition) is 7. The summed E-state index contributed by atoms with van der Waals surface area (Å²) in [4.78, 5) is 37.5. The largest absolute Gasteiger partial charge is 0.460 e. The van der Waals surface area contributed by atoms with Gasteiger partial charge in [-0.05, 0) is 72.1 Å². The number of carbonyl (C=O) groups excluding carboxylic acids is 3. The number of nitrogens with one attached hydrogen (secondary N) is 2. The Morgan fingerprint density at radius 3 is 2.45 bits per heavy atom. The highest BCUT2D eigenvalue weighted by atomic mass is 19.1. The van der Waals surface area contributed by atoms with Crippen molar-refractivity contribution in [1.82, 2.24) is 5.32 Å². The van der Waals surface area contributed by atoms with E-state index in [1.165, 1.54) is 6.07 Å². The summed E-state index contributed by atoms with van der Waals surface area (Å²) >= 11 is 0. The molecule has 0 bridgehead atoms. The third-order valence-electron chi connectivity index (χ3n) is 6.00. The van der Waals surface area contributed by atoms with Crippen LogP contribution in [0.5, 0.6) is 0 Å². The molecule has 0 aromatic heterocycles. The number of carbonyl (C=O) groups is 3. The van der Waals surface area contributed by atoms with Gasteiger partial charge in [0.15, 0.2) is 0 Å². The zero-order valence-corrected chi connectivity index (χ0v) is 19.9. The molecule has 0 saturated carbocycles. The van der Waals surface area contributed by atoms with Crippen LogP contribution in [0.1, 0.15) is 66.7 Å². The Labute approximate surface area is 193 Å². The van der Waals surface area contributed by atoms with E-state index in [4.69, 9.17) is 4.74 Å². The zero-order valence-electron chi connectivity index (χ0n) is 19.9. The minimum Gasteiger partial charge on any atom is -0.460 e. The lowest BCUT2D eigenvalue weighted by molar-refractivity contribution is -0.161. The summed E-state index contributed by atoms with van der Waals surface area (Å²) in [5, 5.41) is 16.3. The van der Waals surface area contributed by atoms with E-state index >= 15 is 4.39 Å². The lowest BCUT2D eigenvalue weighted by atomic mass is 9.80. The number of ether oxygens (including phenoxy) is 1. The molecule has 4 atom stereocenters. The Morgan fingerprint density at radius 2 is 1.91 bits per heavy atom. The van der Waals surface area contributed by atoms with Crippen molar-refractivity contribution in [3.63, 3.8) is 0 Å². The number of imide groups is 1. The number of anilines is 2. The van der Waals surface area contributed by atoms with Crippen LogP contribution in [0.4, 0.5) is 15.8 Å². The van der Waals surface area contributed by atoms with Crippen LogP contribution < -0.4 is 15.5 Å². The smallest absolute Gasteiger partial charge is 0.309 e. The van der Waals surface area contributed by atoms with Crippen LogP contribution in [-0.2, 0) is 19.1 Å². The van der Waals surface area contributed by atoms with E-state index < -0.39 is 34.9 Å². The molecular formula is C24H34FN3O5. The molecule has 2 amide bonds. The Hall–Kier alpha value is -2.68. The highest BCUT2D eigenvalue weighted by Gasteiger charge is 2.43. The number of piperidine rings is 2. The molecule has 0 aliphatic carbocycles. The van der Waals surface area contributed by atoms with Gasteiger partial charge in [0.25, 0.3) is 0 Å². The van der Waals surface area contributed by atoms with Gasteiger partial charge in [-0.15, -0.1) is 0 Å². The van der Waals surface area contributed by atoms with Gasteiger partial charge >= 0.3 is 5.97 Å². The zero-order chi connectivity index (χ0) is 24.6. The molecule has 2 fully saturated rings. The lowest BCUT2D eigenvalue weighted by Crippen LogP contribution is -2.55. The summed E-state index contributed by atoms with van der Waals surface area (Å²) in [6.07, 6.45) is 1.08. The van der Waals surface area contributed by atoms with E-state index in [9.17, 15) is 19.5 Å². The molecule has 2 aliphatic heterocycles. The predicted molar refractivity (Wildman–Crippen MR) is 122 cm³/mol. The molecular weight excluding hydrogens is 429 g/mol. The number of rotatable bonds is 5. The SMILES string of the molecule is C[C@@H]1CC(O)(CC(=O)OC(C)(C)C)C[C@H](C)N1c1ccc(NC2CCC(=O)NC2=O)cc1F. The molecule has 1 aromatic rings. The Morgan fingerprint density at radius 1 is 1.27 bits per heavy atom. The van der Waals surface area contributed by atoms with Crippen molar-refractivity contribution < 1.29 is 28.6 Å². The Bertz CT molecular complexity index is 917. The van der Waals surface area contributed by atoms with Crippen molar-refractivity contribution in [2.24, 2.45) is 0 Å². The molecule has 1 aromatic carbocycles. The van der Waals surface area contributed by atoms with Gasteiger partial charge in [0.2, 0.25) is 11.8 Å². The van der Waals surface area contributed by atoms with Crippen molar-refractivity contribution in [2.45, 2.75) is 96.1 Å². The van der Waals surface area contributed by atoms with Crippen molar-refractivity contribution in [3.05, 3.63) is 24.0 Å². The van der Waals surface area contributed by atoms with E-state index in [1.807, 2.05) is 18.7 Å². The first-order valence-electron chi connectivity index (χ1n) is 11.4. The van der Waals surface area contributed by atoms with Crippen LogP contribution in [0.2, 0.25) is 0 Å². The van der Waals surface area contributed by atoms with E-state index in [0.717, 1.165) is 0 Å². The van der Waals surface area contributed by atoms with Crippen molar-refractivity contribution >= 4 is 29.2 Å². The molecule has 2 heterocycles. The Balaban J connectivity index is 1.69. The first-order chi connectivity index (χ1) is 15.3. The third kappa shape index (κ3) is 6.22. The van der Waals surface area contributed by atoms with Gasteiger partial charge in [0.05, 0.1) is 17.7 Å². The second-order valence-electron chi connectivity index (χ2n) is 10.3. The normalized spacial score (nSPS) is 28.3. The monoisotopic (exact) mass is 463 g/mol. The number of halogens is 1. The fourth-order valence-electron chi connectivity index (χ4n) is 4.92. The quantitative estimate of drug-likeness (QED) is 0.455. The van der Waals surface area contributed by atoms with Gasteiger partial charge in [0.1, 0.15) is 17.5 Å². The highest BCUT2D eigenvalue weighted by Crippen LogP contribution is 2.38. The fraction of sp³-hybridized carbons (Fsp3) is 0.625. The standard InChI is InChI=1S/C24H34FN3O5/c1-14-11-24(32,13-21(30)33-23(3,4)5)12-15(2)28(14)19-8-6-16(10-17(19)25)26-18-7-9-20(29)27-22(18)31/h6,8,10,14-15,18,26,32H,7,9,11-13H2,1-5H3,(H,27,29,31)/t14-,15+,18?,24?. The van der Waals surface area contributed by atoms with E-state index in [0.29, 0.717) is 30.6 Å². The van der Waals surface area contributed by atoms with E-state index in [-0.39, 0.29) is 30.8 Å². The molecule has 9 heteroatoms. The summed E-state index contributed by atoms with van der Waals surface area (Å²) in [5.41, 5.74) is -1.01. The molecule has 2 aliphatic rings. The molecule has 2 unspecified atom stereocenters. The average molecular weight is 464 g/mol. The van der Waals surface area contributed by atoms with Crippen molar-refractivity contribution in [3.8, 4) is 0 Å². The number of esters is 1. The number of benzene rings is 1. The van der Waals surface area contributed by atoms with Gasteiger partial charge in [-0.25, -0.2) is 4.39 Å². The molecule has 0 spiro atoms. The first kappa shape index (κ1) is 25.0. The molecule has 8 nitrogen and oxygen atoms in total. The minimum atomic E-state index is -1.22. The number of amides is 2. The van der Waals surface area contributed by atoms with Gasteiger partial charge in [-0.3, -0.25) is 19.7 Å². The number of aliphatic hydroxyl groups is 1. The average Bonchev–Trinajstić information content (AvgIpc) is 2.63. The van der Waals surface area contributed by atoms with Gasteiger partial charge in [-0.1, -0.05) is 0 Å². The van der Waals surface area contributed by atoms with Gasteiger partial charge < -0.3 is 20.1 Å². The summed E-state index contributed by atoms with van der Waals surface area (Å²) in [6, 6.07) is 3.65. The van der Waals surface area contributed by atoms with Crippen molar-refractivity contribution in [1.29, 1.82) is 0 Å². The maximum absolute atomic E-state index is 15.1. The van der Waals surface area contributed by atoms with Crippen molar-refractivity contribution in [2.75, 3.05) is 10.2 Å². The second-order valence-corrected chi connectivity index (χ2v) is 10.3. The third-order valence-corrected chi connectivity index (χ3v) is 6.00. The maximum atomic E-state index is 15.1. The second kappa shape index (κ2) is 9.29. The topological polar surface area (TPSA) is 108 Å². The first-order valence-corrected chi connectivity index (χ1v) is 11.4. The molecule has 182 valence electrons. The summed E-state index contributed by atoms with van der Waals surface area (Å²) < 4.78 is 20.5. The molecule has 3 rings (SSSR count).